The molecule has 192 valence electrons. The number of nitrogens with zero attached hydrogens (tertiary/aromatic N) is 4. The minimum absolute atomic E-state index is 0.0295. The molecule has 0 radical (unpaired) electrons. The highest BCUT2D eigenvalue weighted by Crippen LogP contribution is 2.27. The molecule has 1 aliphatic heterocycles. The molecule has 2 amide bonds. The SMILES string of the molecule is CCN(CCCNC(=O)c1sc2ncn(CC(=O)N3CCCC[C@H]3C)c(=O)c2c1C)c1ccccc1. The molecule has 1 fully saturated rings. The Balaban J connectivity index is 1.40. The molecule has 36 heavy (non-hydrogen) atoms. The van der Waals surface area contributed by atoms with Crippen LogP contribution in [0.2, 0.25) is 0 Å². The zero-order valence-electron chi connectivity index (χ0n) is 21.3. The molecule has 1 aromatic carbocycles. The van der Waals surface area contributed by atoms with Crippen molar-refractivity contribution in [2.24, 2.45) is 0 Å². The highest BCUT2D eigenvalue weighted by molar-refractivity contribution is 7.20. The van der Waals surface area contributed by atoms with Gasteiger partial charge in [-0.15, -0.1) is 11.3 Å². The van der Waals surface area contributed by atoms with Crippen LogP contribution in [0, 0.1) is 6.92 Å². The molecule has 1 N–H and O–H groups in total. The largest absolute Gasteiger partial charge is 0.372 e. The van der Waals surface area contributed by atoms with Crippen molar-refractivity contribution in [3.63, 3.8) is 0 Å². The summed E-state index contributed by atoms with van der Waals surface area (Å²) in [6.07, 6.45) is 5.34. The Labute approximate surface area is 215 Å². The van der Waals surface area contributed by atoms with Crippen LogP contribution in [-0.4, -0.2) is 58.5 Å². The third kappa shape index (κ3) is 5.61. The maximum absolute atomic E-state index is 13.2. The van der Waals surface area contributed by atoms with Gasteiger partial charge in [-0.2, -0.15) is 0 Å². The van der Waals surface area contributed by atoms with Gasteiger partial charge in [0.25, 0.3) is 11.5 Å². The standard InChI is InChI=1S/C27H35N5O3S/c1-4-30(21-12-6-5-7-13-21)15-10-14-28-25(34)24-20(3)23-26(36-24)29-18-31(27(23)35)17-22(33)32-16-9-8-11-19(32)2/h5-7,12-13,18-19H,4,8-11,14-17H2,1-3H3,(H,28,34)/t19-/m1/s1. The maximum atomic E-state index is 13.2. The van der Waals surface area contributed by atoms with Crippen LogP contribution in [0.25, 0.3) is 10.2 Å². The Hall–Kier alpha value is -3.20. The lowest BCUT2D eigenvalue weighted by atomic mass is 10.0. The second-order valence-corrected chi connectivity index (χ2v) is 10.4. The number of rotatable bonds is 9. The monoisotopic (exact) mass is 509 g/mol. The molecule has 0 saturated carbocycles. The highest BCUT2D eigenvalue weighted by Gasteiger charge is 2.25. The smallest absolute Gasteiger partial charge is 0.262 e. The van der Waals surface area contributed by atoms with Crippen molar-refractivity contribution in [3.8, 4) is 0 Å². The number of para-hydroxylation sites is 1. The van der Waals surface area contributed by atoms with Crippen LogP contribution >= 0.6 is 11.3 Å². The van der Waals surface area contributed by atoms with Crippen LogP contribution in [0.4, 0.5) is 5.69 Å². The topological polar surface area (TPSA) is 87.5 Å². The molecule has 1 aliphatic rings. The Morgan fingerprint density at radius 1 is 1.22 bits per heavy atom. The zero-order valence-corrected chi connectivity index (χ0v) is 22.1. The summed E-state index contributed by atoms with van der Waals surface area (Å²) in [5, 5.41) is 3.42. The van der Waals surface area contributed by atoms with Crippen molar-refractivity contribution in [1.29, 1.82) is 0 Å². The summed E-state index contributed by atoms with van der Waals surface area (Å²) in [6, 6.07) is 10.4. The Morgan fingerprint density at radius 3 is 2.72 bits per heavy atom. The average Bonchev–Trinajstić information content (AvgIpc) is 3.23. The fraction of sp³-hybridized carbons (Fsp3) is 0.481. The molecule has 3 heterocycles. The fourth-order valence-electron chi connectivity index (χ4n) is 4.85. The number of piperidine rings is 1. The number of hydrogen-bond acceptors (Lipinski definition) is 6. The van der Waals surface area contributed by atoms with Crippen molar-refractivity contribution >= 4 is 39.1 Å². The first-order valence-corrected chi connectivity index (χ1v) is 13.6. The summed E-state index contributed by atoms with van der Waals surface area (Å²) in [6.45, 7) is 8.92. The molecule has 0 unspecified atom stereocenters. The Morgan fingerprint density at radius 2 is 2.00 bits per heavy atom. The number of benzene rings is 1. The number of likely N-dealkylation sites (tertiary alicyclic amines) is 1. The fourth-order valence-corrected chi connectivity index (χ4v) is 5.91. The van der Waals surface area contributed by atoms with E-state index >= 15 is 0 Å². The first kappa shape index (κ1) is 25.9. The summed E-state index contributed by atoms with van der Waals surface area (Å²) in [7, 11) is 0. The van der Waals surface area contributed by atoms with E-state index in [-0.39, 0.29) is 30.0 Å². The molecule has 0 aliphatic carbocycles. The van der Waals surface area contributed by atoms with Crippen LogP contribution in [0.1, 0.15) is 54.8 Å². The van der Waals surface area contributed by atoms with E-state index in [0.717, 1.165) is 45.3 Å². The normalized spacial score (nSPS) is 15.8. The summed E-state index contributed by atoms with van der Waals surface area (Å²) >= 11 is 1.23. The number of nitrogens with one attached hydrogen (secondary N) is 1. The second-order valence-electron chi connectivity index (χ2n) is 9.37. The summed E-state index contributed by atoms with van der Waals surface area (Å²) in [5.41, 5.74) is 1.52. The van der Waals surface area contributed by atoms with Gasteiger partial charge in [0, 0.05) is 37.9 Å². The molecule has 1 atom stereocenters. The molecule has 0 bridgehead atoms. The van der Waals surface area contributed by atoms with Gasteiger partial charge in [0.1, 0.15) is 11.4 Å². The number of carbonyl (C=O) groups is 2. The van der Waals surface area contributed by atoms with Gasteiger partial charge in [0.2, 0.25) is 5.91 Å². The lowest BCUT2D eigenvalue weighted by Gasteiger charge is -2.33. The number of aryl methyl sites for hydroxylation is 1. The minimum atomic E-state index is -0.271. The van der Waals surface area contributed by atoms with Crippen molar-refractivity contribution in [3.05, 3.63) is 57.5 Å². The average molecular weight is 510 g/mol. The lowest BCUT2D eigenvalue weighted by molar-refractivity contribution is -0.135. The van der Waals surface area contributed by atoms with Gasteiger partial charge in [0.05, 0.1) is 16.6 Å². The number of hydrogen-bond donors (Lipinski definition) is 1. The first-order valence-electron chi connectivity index (χ1n) is 12.8. The third-order valence-corrected chi connectivity index (χ3v) is 8.14. The van der Waals surface area contributed by atoms with Crippen LogP contribution < -0.4 is 15.8 Å². The molecule has 9 heteroatoms. The molecule has 3 aromatic rings. The van der Waals surface area contributed by atoms with Crippen LogP contribution in [0.15, 0.2) is 41.5 Å². The van der Waals surface area contributed by atoms with Gasteiger partial charge in [-0.05, 0) is 64.2 Å². The molecule has 4 rings (SSSR count). The predicted octanol–water partition coefficient (Wildman–Crippen LogP) is 3.81. The molecule has 2 aromatic heterocycles. The van der Waals surface area contributed by atoms with Gasteiger partial charge >= 0.3 is 0 Å². The van der Waals surface area contributed by atoms with Crippen molar-refractivity contribution in [2.45, 2.75) is 59.0 Å². The summed E-state index contributed by atoms with van der Waals surface area (Å²) < 4.78 is 1.37. The van der Waals surface area contributed by atoms with E-state index in [1.807, 2.05) is 23.1 Å². The van der Waals surface area contributed by atoms with E-state index in [1.54, 1.807) is 6.92 Å². The third-order valence-electron chi connectivity index (χ3n) is 6.95. The van der Waals surface area contributed by atoms with Crippen molar-refractivity contribution < 1.29 is 9.59 Å². The molecule has 0 spiro atoms. The summed E-state index contributed by atoms with van der Waals surface area (Å²) in [4.78, 5) is 48.5. The second kappa shape index (κ2) is 11.7. The number of anilines is 1. The zero-order chi connectivity index (χ0) is 25.7. The van der Waals surface area contributed by atoms with E-state index in [9.17, 15) is 14.4 Å². The quantitative estimate of drug-likeness (QED) is 0.443. The van der Waals surface area contributed by atoms with Gasteiger partial charge in [-0.1, -0.05) is 18.2 Å². The van der Waals surface area contributed by atoms with E-state index in [2.05, 4.69) is 41.2 Å². The first-order chi connectivity index (χ1) is 17.4. The number of amides is 2. The minimum Gasteiger partial charge on any atom is -0.372 e. The number of fused-ring (bicyclic) bond motifs is 1. The maximum Gasteiger partial charge on any atom is 0.262 e. The molecule has 8 nitrogen and oxygen atoms in total. The van der Waals surface area contributed by atoms with Crippen LogP contribution in [-0.2, 0) is 11.3 Å². The van der Waals surface area contributed by atoms with Gasteiger partial charge in [-0.3, -0.25) is 19.0 Å². The summed E-state index contributed by atoms with van der Waals surface area (Å²) in [5.74, 6) is -0.254. The number of carbonyl (C=O) groups excluding carboxylic acids is 2. The van der Waals surface area contributed by atoms with Crippen LogP contribution in [0.3, 0.4) is 0 Å². The van der Waals surface area contributed by atoms with Gasteiger partial charge in [-0.25, -0.2) is 4.98 Å². The predicted molar refractivity (Wildman–Crippen MR) is 145 cm³/mol. The molecular formula is C27H35N5O3S. The van der Waals surface area contributed by atoms with E-state index in [0.29, 0.717) is 27.2 Å². The van der Waals surface area contributed by atoms with Crippen molar-refractivity contribution in [1.82, 2.24) is 19.8 Å². The number of aromatic nitrogens is 2. The molecular weight excluding hydrogens is 474 g/mol. The van der Waals surface area contributed by atoms with E-state index in [1.165, 1.54) is 27.9 Å². The van der Waals surface area contributed by atoms with Gasteiger partial charge in [0.15, 0.2) is 0 Å². The van der Waals surface area contributed by atoms with Gasteiger partial charge < -0.3 is 15.1 Å². The Bertz CT molecular complexity index is 1270. The number of thiophene rings is 1. The van der Waals surface area contributed by atoms with Crippen LogP contribution in [0.5, 0.6) is 0 Å². The molecule has 1 saturated heterocycles. The van der Waals surface area contributed by atoms with E-state index < -0.39 is 0 Å². The Kier molecular flexibility index (Phi) is 8.40. The lowest BCUT2D eigenvalue weighted by Crippen LogP contribution is -2.44. The van der Waals surface area contributed by atoms with Crippen molar-refractivity contribution in [2.75, 3.05) is 31.1 Å². The highest BCUT2D eigenvalue weighted by atomic mass is 32.1. The van der Waals surface area contributed by atoms with E-state index in [4.69, 9.17) is 0 Å².